The first-order chi connectivity index (χ1) is 4.45. The van der Waals surface area contributed by atoms with Gasteiger partial charge in [-0.15, -0.1) is 0 Å². The fraction of sp³-hybridized carbons (Fsp3) is 0.571. The maximum absolute atomic E-state index is 10.4. The first-order valence-corrected chi connectivity index (χ1v) is 2.98. The summed E-state index contributed by atoms with van der Waals surface area (Å²) in [6, 6.07) is 0. The normalized spacial score (nSPS) is 10.7. The Morgan fingerprint density at radius 1 is 1.50 bits per heavy atom. The predicted octanol–water partition coefficient (Wildman–Crippen LogP) is 1.45. The number of carbonyl (C=O) groups excluding carboxylic acids is 1. The van der Waals surface area contributed by atoms with E-state index in [1.165, 1.54) is 0 Å². The van der Waals surface area contributed by atoms with Crippen molar-refractivity contribution in [2.45, 2.75) is 26.4 Å². The van der Waals surface area contributed by atoms with Gasteiger partial charge in [0.1, 0.15) is 5.60 Å². The average molecular weight is 144 g/mol. The number of hydrogen-bond acceptors (Lipinski definition) is 3. The summed E-state index contributed by atoms with van der Waals surface area (Å²) in [5.74, 6) is -0.574. The van der Waals surface area contributed by atoms with E-state index >= 15 is 0 Å². The predicted molar refractivity (Wildman–Crippen MR) is 37.1 cm³/mol. The summed E-state index contributed by atoms with van der Waals surface area (Å²) in [6.07, 6.45) is 1.05. The summed E-state index contributed by atoms with van der Waals surface area (Å²) in [7, 11) is 0. The third kappa shape index (κ3) is 5.31. The Hall–Kier alpha value is -0.830. The molecule has 0 spiro atoms. The molecule has 3 heteroatoms. The topological polar surface area (TPSA) is 35.5 Å². The lowest BCUT2D eigenvalue weighted by atomic mass is 10.2. The van der Waals surface area contributed by atoms with E-state index in [1.54, 1.807) is 20.8 Å². The Morgan fingerprint density at radius 2 is 2.00 bits per heavy atom. The molecule has 0 fully saturated rings. The van der Waals surface area contributed by atoms with Crippen LogP contribution in [-0.2, 0) is 14.6 Å². The molecular weight excluding hydrogens is 132 g/mol. The lowest BCUT2D eigenvalue weighted by molar-refractivity contribution is -0.316. The summed E-state index contributed by atoms with van der Waals surface area (Å²) in [6.45, 7) is 8.55. The van der Waals surface area contributed by atoms with Gasteiger partial charge in [-0.3, -0.25) is 4.89 Å². The molecule has 0 aliphatic heterocycles. The van der Waals surface area contributed by atoms with Crippen LogP contribution < -0.4 is 0 Å². The van der Waals surface area contributed by atoms with E-state index in [1.807, 2.05) is 0 Å². The number of carbonyl (C=O) groups is 1. The second-order valence-corrected chi connectivity index (χ2v) is 2.80. The quantitative estimate of drug-likeness (QED) is 0.334. The largest absolute Gasteiger partial charge is 0.365 e. The van der Waals surface area contributed by atoms with Crippen molar-refractivity contribution in [2.75, 3.05) is 0 Å². The first kappa shape index (κ1) is 9.17. The molecule has 0 aromatic heterocycles. The number of rotatable bonds is 2. The highest BCUT2D eigenvalue weighted by atomic mass is 17.2. The summed E-state index contributed by atoms with van der Waals surface area (Å²) < 4.78 is 0. The molecule has 0 aliphatic rings. The van der Waals surface area contributed by atoms with Crippen molar-refractivity contribution in [1.82, 2.24) is 0 Å². The standard InChI is InChI=1S/C7H12O3/c1-5-6(8)9-10-7(2,3)4/h5H,1H2,2-4H3. The van der Waals surface area contributed by atoms with Crippen LogP contribution in [0.3, 0.4) is 0 Å². The molecule has 10 heavy (non-hydrogen) atoms. The molecule has 0 heterocycles. The van der Waals surface area contributed by atoms with Gasteiger partial charge < -0.3 is 0 Å². The molecule has 0 saturated carbocycles. The van der Waals surface area contributed by atoms with Gasteiger partial charge in [-0.25, -0.2) is 4.79 Å². The van der Waals surface area contributed by atoms with Crippen molar-refractivity contribution < 1.29 is 14.6 Å². The summed E-state index contributed by atoms with van der Waals surface area (Å²) in [5.41, 5.74) is -0.460. The summed E-state index contributed by atoms with van der Waals surface area (Å²) >= 11 is 0. The average Bonchev–Trinajstić information content (AvgIpc) is 1.81. The SMILES string of the molecule is C=CC(=O)OOC(C)(C)C. The van der Waals surface area contributed by atoms with Gasteiger partial charge in [0, 0.05) is 6.08 Å². The third-order valence-electron chi connectivity index (χ3n) is 0.540. The highest BCUT2D eigenvalue weighted by molar-refractivity contribution is 5.80. The van der Waals surface area contributed by atoms with E-state index in [0.717, 1.165) is 6.08 Å². The maximum Gasteiger partial charge on any atom is 0.365 e. The zero-order chi connectivity index (χ0) is 8.20. The molecule has 0 unspecified atom stereocenters. The van der Waals surface area contributed by atoms with Gasteiger partial charge in [0.05, 0.1) is 0 Å². The minimum atomic E-state index is -0.574. The van der Waals surface area contributed by atoms with E-state index in [-0.39, 0.29) is 0 Å². The van der Waals surface area contributed by atoms with E-state index in [9.17, 15) is 4.79 Å². The van der Waals surface area contributed by atoms with Crippen molar-refractivity contribution in [3.05, 3.63) is 12.7 Å². The van der Waals surface area contributed by atoms with Crippen LogP contribution in [0.25, 0.3) is 0 Å². The zero-order valence-electron chi connectivity index (χ0n) is 6.51. The molecule has 58 valence electrons. The smallest absolute Gasteiger partial charge is 0.293 e. The Bertz CT molecular complexity index is 132. The van der Waals surface area contributed by atoms with Gasteiger partial charge in [0.2, 0.25) is 0 Å². The fourth-order valence-corrected chi connectivity index (χ4v) is 0.200. The van der Waals surface area contributed by atoms with E-state index < -0.39 is 11.6 Å². The van der Waals surface area contributed by atoms with Crippen molar-refractivity contribution in [1.29, 1.82) is 0 Å². The number of hydrogen-bond donors (Lipinski definition) is 0. The van der Waals surface area contributed by atoms with Crippen LogP contribution in [-0.4, -0.2) is 11.6 Å². The van der Waals surface area contributed by atoms with Crippen LogP contribution in [0, 0.1) is 0 Å². The van der Waals surface area contributed by atoms with Gasteiger partial charge in [-0.05, 0) is 20.8 Å². The monoisotopic (exact) mass is 144 g/mol. The lowest BCUT2D eigenvalue weighted by Gasteiger charge is -2.15. The minimum Gasteiger partial charge on any atom is -0.293 e. The van der Waals surface area contributed by atoms with Gasteiger partial charge in [0.15, 0.2) is 0 Å². The maximum atomic E-state index is 10.4. The molecule has 0 N–H and O–H groups in total. The van der Waals surface area contributed by atoms with Gasteiger partial charge in [-0.1, -0.05) is 6.58 Å². The Balaban J connectivity index is 3.55. The van der Waals surface area contributed by atoms with Gasteiger partial charge in [0.25, 0.3) is 0 Å². The van der Waals surface area contributed by atoms with Crippen LogP contribution in [0.15, 0.2) is 12.7 Å². The van der Waals surface area contributed by atoms with Crippen LogP contribution in [0.5, 0.6) is 0 Å². The van der Waals surface area contributed by atoms with Crippen molar-refractivity contribution in [3.8, 4) is 0 Å². The molecule has 0 amide bonds. The molecule has 3 nitrogen and oxygen atoms in total. The molecule has 0 aliphatic carbocycles. The van der Waals surface area contributed by atoms with Crippen molar-refractivity contribution in [2.24, 2.45) is 0 Å². The Labute approximate surface area is 60.6 Å². The van der Waals surface area contributed by atoms with Gasteiger partial charge in [-0.2, -0.15) is 4.89 Å². The van der Waals surface area contributed by atoms with E-state index in [0.29, 0.717) is 0 Å². The highest BCUT2D eigenvalue weighted by Gasteiger charge is 2.13. The van der Waals surface area contributed by atoms with Crippen molar-refractivity contribution >= 4 is 5.97 Å². The highest BCUT2D eigenvalue weighted by Crippen LogP contribution is 2.06. The molecule has 0 aromatic rings. The molecule has 0 radical (unpaired) electrons. The minimum absolute atomic E-state index is 0.460. The van der Waals surface area contributed by atoms with Gasteiger partial charge >= 0.3 is 5.97 Å². The fourth-order valence-electron chi connectivity index (χ4n) is 0.200. The van der Waals surface area contributed by atoms with E-state index in [2.05, 4.69) is 16.4 Å². The molecular formula is C7H12O3. The molecule has 0 atom stereocenters. The second-order valence-electron chi connectivity index (χ2n) is 2.80. The van der Waals surface area contributed by atoms with Crippen LogP contribution in [0.4, 0.5) is 0 Å². The molecule has 0 bridgehead atoms. The zero-order valence-corrected chi connectivity index (χ0v) is 6.51. The molecule has 0 aromatic carbocycles. The Kier molecular flexibility index (Phi) is 3.09. The van der Waals surface area contributed by atoms with E-state index in [4.69, 9.17) is 0 Å². The van der Waals surface area contributed by atoms with Crippen molar-refractivity contribution in [3.63, 3.8) is 0 Å². The third-order valence-corrected chi connectivity index (χ3v) is 0.540. The molecule has 0 saturated heterocycles. The summed E-state index contributed by atoms with van der Waals surface area (Å²) in [5, 5.41) is 0. The lowest BCUT2D eigenvalue weighted by Crippen LogP contribution is -2.21. The molecule has 0 rings (SSSR count). The first-order valence-electron chi connectivity index (χ1n) is 2.98. The van der Waals surface area contributed by atoms with Crippen LogP contribution in [0.1, 0.15) is 20.8 Å². The summed E-state index contributed by atoms with van der Waals surface area (Å²) in [4.78, 5) is 19.4. The van der Waals surface area contributed by atoms with Crippen LogP contribution >= 0.6 is 0 Å². The second kappa shape index (κ2) is 3.37. The van der Waals surface area contributed by atoms with Crippen LogP contribution in [0.2, 0.25) is 0 Å². The Morgan fingerprint density at radius 3 is 2.30 bits per heavy atom.